The van der Waals surface area contributed by atoms with Crippen LogP contribution in [-0.2, 0) is 19.2 Å². The number of carbonyl (C=O) groups is 5. The molecule has 15 nitrogen and oxygen atoms in total. The van der Waals surface area contributed by atoms with E-state index in [-0.39, 0.29) is 76.9 Å². The molecule has 16 heteroatoms. The summed E-state index contributed by atoms with van der Waals surface area (Å²) in [5.41, 5.74) is 3.47. The van der Waals surface area contributed by atoms with Gasteiger partial charge in [-0.2, -0.15) is 0 Å². The van der Waals surface area contributed by atoms with Crippen molar-refractivity contribution in [3.8, 4) is 0 Å². The summed E-state index contributed by atoms with van der Waals surface area (Å²) in [7, 11) is 0. The van der Waals surface area contributed by atoms with Gasteiger partial charge in [0.1, 0.15) is 12.2 Å². The number of aliphatic hydroxyl groups excluding tert-OH is 4. The van der Waals surface area contributed by atoms with Crippen LogP contribution in [0.5, 0.6) is 0 Å². The monoisotopic (exact) mass is 598 g/mol. The second-order valence-electron chi connectivity index (χ2n) is 9.53. The van der Waals surface area contributed by atoms with E-state index >= 15 is 0 Å². The minimum atomic E-state index is -1.37. The van der Waals surface area contributed by atoms with Crippen molar-refractivity contribution in [2.75, 3.05) is 26.3 Å². The Bertz CT molecular complexity index is 881. The first-order valence-corrected chi connectivity index (χ1v) is 11.7. The third kappa shape index (κ3) is 18.8. The SMILES string of the molecule is CC(C)(CO)[C@H](O)C(=O)NCCC(=O)[O-].CC(C)(CO)[C@H](O)C(=O)NCCC(=O)[O-].NC(=O)c1cccnc1.[Ca+2]. The van der Waals surface area contributed by atoms with Crippen LogP contribution in [0.4, 0.5) is 0 Å². The van der Waals surface area contributed by atoms with E-state index in [0.29, 0.717) is 5.56 Å². The zero-order valence-corrected chi connectivity index (χ0v) is 25.3. The smallest absolute Gasteiger partial charge is 0.550 e. The molecule has 1 aromatic rings. The Hall–Kier alpha value is -2.40. The number of aliphatic carboxylic acids is 2. The maximum absolute atomic E-state index is 11.2. The van der Waals surface area contributed by atoms with E-state index in [1.807, 2.05) is 0 Å². The molecule has 0 aliphatic carbocycles. The van der Waals surface area contributed by atoms with Crippen LogP contribution < -0.4 is 26.6 Å². The second-order valence-corrected chi connectivity index (χ2v) is 9.53. The topological polar surface area (TPSA) is 275 Å². The second kappa shape index (κ2) is 21.4. The van der Waals surface area contributed by atoms with Crippen LogP contribution in [-0.4, -0.2) is 131 Å². The van der Waals surface area contributed by atoms with E-state index in [1.54, 1.807) is 18.3 Å². The van der Waals surface area contributed by atoms with E-state index in [9.17, 15) is 44.4 Å². The number of amides is 3. The number of hydrogen-bond acceptors (Lipinski definition) is 12. The fourth-order valence-corrected chi connectivity index (χ4v) is 2.16. The molecule has 222 valence electrons. The first kappa shape index (κ1) is 42.1. The molecule has 0 unspecified atom stereocenters. The van der Waals surface area contributed by atoms with Crippen LogP contribution in [0.25, 0.3) is 0 Å². The normalized spacial score (nSPS) is 12.0. The number of pyridine rings is 1. The number of carboxylic acids is 2. The number of hydrogen-bond donors (Lipinski definition) is 7. The Morgan fingerprint density at radius 3 is 1.48 bits per heavy atom. The third-order valence-electron chi connectivity index (χ3n) is 4.99. The van der Waals surface area contributed by atoms with Crippen LogP contribution in [0.3, 0.4) is 0 Å². The van der Waals surface area contributed by atoms with Crippen molar-refractivity contribution in [1.82, 2.24) is 15.6 Å². The predicted octanol–water partition coefficient (Wildman–Crippen LogP) is -4.96. The molecule has 3 amide bonds. The van der Waals surface area contributed by atoms with Gasteiger partial charge in [0.05, 0.1) is 18.8 Å². The molecule has 0 aromatic carbocycles. The summed E-state index contributed by atoms with van der Waals surface area (Å²) in [6.45, 7) is 5.21. The first-order chi connectivity index (χ1) is 17.9. The van der Waals surface area contributed by atoms with Crippen LogP contribution in [0.2, 0.25) is 0 Å². The van der Waals surface area contributed by atoms with Gasteiger partial charge in [-0.3, -0.25) is 19.4 Å². The summed E-state index contributed by atoms with van der Waals surface area (Å²) in [6, 6.07) is 3.29. The molecule has 1 heterocycles. The zero-order valence-electron chi connectivity index (χ0n) is 23.1. The summed E-state index contributed by atoms with van der Waals surface area (Å²) in [4.78, 5) is 56.7. The maximum Gasteiger partial charge on any atom is 2.00 e. The van der Waals surface area contributed by atoms with Crippen molar-refractivity contribution in [1.29, 1.82) is 0 Å². The van der Waals surface area contributed by atoms with Gasteiger partial charge in [-0.1, -0.05) is 27.7 Å². The molecule has 40 heavy (non-hydrogen) atoms. The Balaban J connectivity index is -0.000000522. The Morgan fingerprint density at radius 1 is 0.875 bits per heavy atom. The van der Waals surface area contributed by atoms with E-state index in [1.165, 1.54) is 33.9 Å². The van der Waals surface area contributed by atoms with Crippen molar-refractivity contribution in [2.24, 2.45) is 16.6 Å². The number of rotatable bonds is 13. The molecule has 0 spiro atoms. The summed E-state index contributed by atoms with van der Waals surface area (Å²) in [5.74, 6) is -4.38. The van der Waals surface area contributed by atoms with E-state index in [2.05, 4.69) is 15.6 Å². The molecule has 8 N–H and O–H groups in total. The van der Waals surface area contributed by atoms with Crippen molar-refractivity contribution in [2.45, 2.75) is 52.7 Å². The number of aliphatic hydroxyl groups is 4. The Kier molecular flexibility index (Phi) is 22.5. The van der Waals surface area contributed by atoms with Gasteiger partial charge < -0.3 is 56.6 Å². The molecular weight excluding hydrogens is 560 g/mol. The first-order valence-electron chi connectivity index (χ1n) is 11.7. The number of nitrogens with two attached hydrogens (primary N) is 1. The number of primary amides is 1. The van der Waals surface area contributed by atoms with Gasteiger partial charge in [0.25, 0.3) is 0 Å². The average Bonchev–Trinajstić information content (AvgIpc) is 2.88. The summed E-state index contributed by atoms with van der Waals surface area (Å²) >= 11 is 0. The van der Waals surface area contributed by atoms with Gasteiger partial charge >= 0.3 is 37.7 Å². The average molecular weight is 599 g/mol. The van der Waals surface area contributed by atoms with Gasteiger partial charge in [-0.05, 0) is 12.1 Å². The van der Waals surface area contributed by atoms with Gasteiger partial charge in [0, 0.05) is 61.1 Å². The Labute approximate surface area is 262 Å². The van der Waals surface area contributed by atoms with Crippen molar-refractivity contribution < 1.29 is 54.6 Å². The molecule has 0 aliphatic heterocycles. The molecule has 0 bridgehead atoms. The summed E-state index contributed by atoms with van der Waals surface area (Å²) < 4.78 is 0. The van der Waals surface area contributed by atoms with Gasteiger partial charge in [0.2, 0.25) is 17.7 Å². The van der Waals surface area contributed by atoms with Crippen molar-refractivity contribution in [3.63, 3.8) is 0 Å². The fraction of sp³-hybridized carbons (Fsp3) is 0.583. The molecular formula is C24H38CaN4O11. The molecule has 0 fully saturated rings. The van der Waals surface area contributed by atoms with E-state index in [0.717, 1.165) is 0 Å². The number of nitrogens with one attached hydrogen (secondary N) is 2. The summed E-state index contributed by atoms with van der Waals surface area (Å²) in [6.07, 6.45) is -0.335. The van der Waals surface area contributed by atoms with Gasteiger partial charge in [-0.15, -0.1) is 0 Å². The van der Waals surface area contributed by atoms with E-state index < -0.39 is 52.7 Å². The number of aromatic nitrogens is 1. The van der Waals surface area contributed by atoms with Crippen molar-refractivity contribution in [3.05, 3.63) is 30.1 Å². The quantitative estimate of drug-likeness (QED) is 0.105. The van der Waals surface area contributed by atoms with Gasteiger partial charge in [-0.25, -0.2) is 0 Å². The third-order valence-corrected chi connectivity index (χ3v) is 4.99. The van der Waals surface area contributed by atoms with Crippen LogP contribution >= 0.6 is 0 Å². The molecule has 1 aromatic heterocycles. The largest absolute Gasteiger partial charge is 2.00 e. The number of carbonyl (C=O) groups excluding carboxylic acids is 5. The standard InChI is InChI=1S/2C9H17NO5.C6H6N2O.Ca/c2*1-9(2,5-11)7(14)8(15)10-4-3-6(12)13;7-6(9)5-2-1-3-8-4-5;/h2*7,11,14H,3-5H2,1-2H3,(H,10,15)(H,12,13);1-4H,(H2,7,9);/q;;;+2/p-2/t2*7-;;/m11../s1. The minimum Gasteiger partial charge on any atom is -0.550 e. The van der Waals surface area contributed by atoms with Crippen LogP contribution in [0.15, 0.2) is 24.5 Å². The molecule has 0 saturated carbocycles. The van der Waals surface area contributed by atoms with Gasteiger partial charge in [0.15, 0.2) is 0 Å². The predicted molar refractivity (Wildman–Crippen MR) is 138 cm³/mol. The summed E-state index contributed by atoms with van der Waals surface area (Å²) in [5, 5.41) is 61.3. The molecule has 2 atom stereocenters. The zero-order chi connectivity index (χ0) is 30.8. The number of nitrogens with zero attached hydrogens (tertiary/aromatic N) is 1. The van der Waals surface area contributed by atoms with E-state index in [4.69, 9.17) is 15.9 Å². The van der Waals surface area contributed by atoms with Crippen LogP contribution in [0, 0.1) is 10.8 Å². The maximum atomic E-state index is 11.2. The molecule has 0 radical (unpaired) electrons. The minimum absolute atomic E-state index is 0. The number of carboxylic acid groups (broad SMARTS) is 2. The molecule has 0 aliphatic rings. The molecule has 1 rings (SSSR count). The van der Waals surface area contributed by atoms with Crippen molar-refractivity contribution >= 4 is 67.4 Å². The van der Waals surface area contributed by atoms with Crippen LogP contribution in [0.1, 0.15) is 50.9 Å². The fourth-order valence-electron chi connectivity index (χ4n) is 2.16. The molecule has 0 saturated heterocycles. The Morgan fingerprint density at radius 2 is 1.25 bits per heavy atom.